The Balaban J connectivity index is 2.29. The molecule has 3 heteroatoms. The van der Waals surface area contributed by atoms with Crippen LogP contribution in [0.15, 0.2) is 29.2 Å². The standard InChI is InChI=1S/C11H17NOS/c1-13-9-3-8-12-10-4-6-11(14-2)7-5-10/h4-7,12H,3,8-9H2,1-2H3. The number of benzene rings is 1. The third-order valence-electron chi connectivity index (χ3n) is 1.94. The van der Waals surface area contributed by atoms with Crippen molar-refractivity contribution in [1.82, 2.24) is 0 Å². The highest BCUT2D eigenvalue weighted by Crippen LogP contribution is 2.17. The van der Waals surface area contributed by atoms with E-state index < -0.39 is 0 Å². The van der Waals surface area contributed by atoms with Gasteiger partial charge >= 0.3 is 0 Å². The van der Waals surface area contributed by atoms with Crippen LogP contribution < -0.4 is 5.32 Å². The summed E-state index contributed by atoms with van der Waals surface area (Å²) in [5.74, 6) is 0. The second kappa shape index (κ2) is 6.74. The molecule has 1 aromatic rings. The number of methoxy groups -OCH3 is 1. The van der Waals surface area contributed by atoms with Crippen LogP contribution in [0.5, 0.6) is 0 Å². The predicted octanol–water partition coefficient (Wildman–Crippen LogP) is 2.86. The lowest BCUT2D eigenvalue weighted by atomic mass is 10.3. The molecule has 0 aliphatic heterocycles. The molecule has 0 aliphatic carbocycles. The van der Waals surface area contributed by atoms with Crippen LogP contribution in [0, 0.1) is 0 Å². The van der Waals surface area contributed by atoms with E-state index in [2.05, 4.69) is 35.8 Å². The van der Waals surface area contributed by atoms with Gasteiger partial charge in [0.2, 0.25) is 0 Å². The quantitative estimate of drug-likeness (QED) is 0.577. The topological polar surface area (TPSA) is 21.3 Å². The summed E-state index contributed by atoms with van der Waals surface area (Å²) < 4.78 is 4.97. The van der Waals surface area contributed by atoms with Crippen molar-refractivity contribution in [3.63, 3.8) is 0 Å². The monoisotopic (exact) mass is 211 g/mol. The Hall–Kier alpha value is -0.670. The molecule has 2 nitrogen and oxygen atoms in total. The van der Waals surface area contributed by atoms with Crippen LogP contribution in [0.4, 0.5) is 5.69 Å². The van der Waals surface area contributed by atoms with E-state index in [1.165, 1.54) is 10.6 Å². The first kappa shape index (κ1) is 11.4. The van der Waals surface area contributed by atoms with Crippen molar-refractivity contribution >= 4 is 17.4 Å². The fraction of sp³-hybridized carbons (Fsp3) is 0.455. The van der Waals surface area contributed by atoms with E-state index in [4.69, 9.17) is 4.74 Å². The van der Waals surface area contributed by atoms with E-state index in [9.17, 15) is 0 Å². The van der Waals surface area contributed by atoms with E-state index in [0.29, 0.717) is 0 Å². The lowest BCUT2D eigenvalue weighted by molar-refractivity contribution is 0.198. The summed E-state index contributed by atoms with van der Waals surface area (Å²) in [6.07, 6.45) is 3.13. The van der Waals surface area contributed by atoms with E-state index in [1.807, 2.05) is 0 Å². The Labute approximate surface area is 90.0 Å². The number of anilines is 1. The summed E-state index contributed by atoms with van der Waals surface area (Å²) in [5, 5.41) is 3.34. The third kappa shape index (κ3) is 4.03. The smallest absolute Gasteiger partial charge is 0.0479 e. The molecule has 0 unspecified atom stereocenters. The SMILES string of the molecule is COCCCNc1ccc(SC)cc1. The zero-order chi connectivity index (χ0) is 10.2. The molecule has 1 rings (SSSR count). The summed E-state index contributed by atoms with van der Waals surface area (Å²) in [6, 6.07) is 8.48. The molecule has 1 N–H and O–H groups in total. The molecule has 78 valence electrons. The Morgan fingerprint density at radius 1 is 1.29 bits per heavy atom. The number of thioether (sulfide) groups is 1. The van der Waals surface area contributed by atoms with E-state index in [0.717, 1.165) is 19.6 Å². The highest BCUT2D eigenvalue weighted by Gasteiger charge is 1.92. The summed E-state index contributed by atoms with van der Waals surface area (Å²) >= 11 is 1.76. The van der Waals surface area contributed by atoms with Crippen LogP contribution >= 0.6 is 11.8 Å². The van der Waals surface area contributed by atoms with Crippen LogP contribution in [0.3, 0.4) is 0 Å². The molecule has 0 spiro atoms. The van der Waals surface area contributed by atoms with E-state index in [1.54, 1.807) is 18.9 Å². The van der Waals surface area contributed by atoms with Crippen molar-refractivity contribution in [2.75, 3.05) is 31.8 Å². The molecule has 0 aromatic heterocycles. The zero-order valence-electron chi connectivity index (χ0n) is 8.75. The average Bonchev–Trinajstić information content (AvgIpc) is 2.25. The largest absolute Gasteiger partial charge is 0.385 e. The van der Waals surface area contributed by atoms with E-state index in [-0.39, 0.29) is 0 Å². The second-order valence-corrected chi connectivity index (χ2v) is 3.88. The summed E-state index contributed by atoms with van der Waals surface area (Å²) in [5.41, 5.74) is 1.18. The normalized spacial score (nSPS) is 10.1. The summed E-state index contributed by atoms with van der Waals surface area (Å²) in [7, 11) is 1.73. The molecule has 0 aliphatic rings. The third-order valence-corrected chi connectivity index (χ3v) is 2.69. The number of nitrogens with one attached hydrogen (secondary N) is 1. The van der Waals surface area contributed by atoms with Crippen molar-refractivity contribution in [3.05, 3.63) is 24.3 Å². The van der Waals surface area contributed by atoms with Crippen molar-refractivity contribution in [2.45, 2.75) is 11.3 Å². The maximum Gasteiger partial charge on any atom is 0.0479 e. The van der Waals surface area contributed by atoms with Gasteiger partial charge in [0.1, 0.15) is 0 Å². The highest BCUT2D eigenvalue weighted by molar-refractivity contribution is 7.98. The van der Waals surface area contributed by atoms with Crippen molar-refractivity contribution in [3.8, 4) is 0 Å². The first-order chi connectivity index (χ1) is 6.86. The van der Waals surface area contributed by atoms with Gasteiger partial charge in [-0.3, -0.25) is 0 Å². The first-order valence-electron chi connectivity index (χ1n) is 4.73. The van der Waals surface area contributed by atoms with Crippen LogP contribution in [0.1, 0.15) is 6.42 Å². The number of ether oxygens (including phenoxy) is 1. The summed E-state index contributed by atoms with van der Waals surface area (Å²) in [6.45, 7) is 1.78. The number of rotatable bonds is 6. The molecule has 0 bridgehead atoms. The number of hydrogen-bond donors (Lipinski definition) is 1. The molecule has 0 amide bonds. The van der Waals surface area contributed by atoms with Gasteiger partial charge in [0, 0.05) is 30.8 Å². The zero-order valence-corrected chi connectivity index (χ0v) is 9.56. The van der Waals surface area contributed by atoms with Crippen LogP contribution in [-0.4, -0.2) is 26.5 Å². The van der Waals surface area contributed by atoms with Gasteiger partial charge in [-0.05, 0) is 36.9 Å². The maximum absolute atomic E-state index is 4.97. The van der Waals surface area contributed by atoms with Gasteiger partial charge in [0.05, 0.1) is 0 Å². The lowest BCUT2D eigenvalue weighted by Gasteiger charge is -2.06. The minimum Gasteiger partial charge on any atom is -0.385 e. The Kier molecular flexibility index (Phi) is 5.49. The maximum atomic E-state index is 4.97. The highest BCUT2D eigenvalue weighted by atomic mass is 32.2. The van der Waals surface area contributed by atoms with Crippen LogP contribution in [-0.2, 0) is 4.74 Å². The van der Waals surface area contributed by atoms with Crippen molar-refractivity contribution in [2.24, 2.45) is 0 Å². The fourth-order valence-corrected chi connectivity index (χ4v) is 1.57. The van der Waals surface area contributed by atoms with Gasteiger partial charge < -0.3 is 10.1 Å². The molecule has 0 heterocycles. The van der Waals surface area contributed by atoms with E-state index >= 15 is 0 Å². The Bertz CT molecular complexity index is 248. The molecule has 1 aromatic carbocycles. The van der Waals surface area contributed by atoms with Gasteiger partial charge in [-0.25, -0.2) is 0 Å². The Morgan fingerprint density at radius 2 is 2.00 bits per heavy atom. The number of hydrogen-bond acceptors (Lipinski definition) is 3. The Morgan fingerprint density at radius 3 is 2.57 bits per heavy atom. The van der Waals surface area contributed by atoms with Crippen molar-refractivity contribution in [1.29, 1.82) is 0 Å². The lowest BCUT2D eigenvalue weighted by Crippen LogP contribution is -2.04. The second-order valence-electron chi connectivity index (χ2n) is 3.00. The minimum absolute atomic E-state index is 0.815. The molecule has 0 saturated heterocycles. The van der Waals surface area contributed by atoms with Gasteiger partial charge in [-0.2, -0.15) is 0 Å². The van der Waals surface area contributed by atoms with Gasteiger partial charge in [0.25, 0.3) is 0 Å². The van der Waals surface area contributed by atoms with Gasteiger partial charge in [-0.15, -0.1) is 11.8 Å². The van der Waals surface area contributed by atoms with Gasteiger partial charge in [0.15, 0.2) is 0 Å². The molecular weight excluding hydrogens is 194 g/mol. The summed E-state index contributed by atoms with van der Waals surface area (Å²) in [4.78, 5) is 1.30. The molecule has 0 fully saturated rings. The molecule has 14 heavy (non-hydrogen) atoms. The molecule has 0 saturated carbocycles. The average molecular weight is 211 g/mol. The molecule has 0 radical (unpaired) electrons. The predicted molar refractivity (Wildman–Crippen MR) is 63.2 cm³/mol. The fourth-order valence-electron chi connectivity index (χ4n) is 1.16. The molecular formula is C11H17NOS. The minimum atomic E-state index is 0.815. The molecule has 0 atom stereocenters. The van der Waals surface area contributed by atoms with Crippen LogP contribution in [0.25, 0.3) is 0 Å². The van der Waals surface area contributed by atoms with Crippen molar-refractivity contribution < 1.29 is 4.74 Å². The van der Waals surface area contributed by atoms with Crippen LogP contribution in [0.2, 0.25) is 0 Å². The van der Waals surface area contributed by atoms with Gasteiger partial charge in [-0.1, -0.05) is 0 Å². The first-order valence-corrected chi connectivity index (χ1v) is 5.96.